The first-order valence-corrected chi connectivity index (χ1v) is 4.08. The third kappa shape index (κ3) is 6.84. The zero-order valence-electron chi connectivity index (χ0n) is 8.15. The van der Waals surface area contributed by atoms with E-state index in [1.54, 1.807) is 18.2 Å². The number of carboxylic acids is 1. The number of hydrogen-bond acceptors (Lipinski definition) is 2. The molecule has 0 aromatic heterocycles. The van der Waals surface area contributed by atoms with Gasteiger partial charge < -0.3 is 10.4 Å². The number of aliphatic carboxylic acids is 1. The Morgan fingerprint density at radius 1 is 1.29 bits per heavy atom. The van der Waals surface area contributed by atoms with E-state index in [1.165, 1.54) is 13.0 Å². The van der Waals surface area contributed by atoms with Gasteiger partial charge in [0.2, 0.25) is 5.91 Å². The molecule has 0 atom stereocenters. The summed E-state index contributed by atoms with van der Waals surface area (Å²) in [5.41, 5.74) is 0.253. The quantitative estimate of drug-likeness (QED) is 0.523. The van der Waals surface area contributed by atoms with Crippen LogP contribution in [0.5, 0.6) is 0 Å². The minimum absolute atomic E-state index is 0.253. The Balaban J connectivity index is 4.56. The van der Waals surface area contributed by atoms with Crippen LogP contribution in [0.3, 0.4) is 0 Å². The maximum absolute atomic E-state index is 10.7. The van der Waals surface area contributed by atoms with Crippen LogP contribution < -0.4 is 5.32 Å². The van der Waals surface area contributed by atoms with Crippen molar-refractivity contribution in [1.82, 2.24) is 5.32 Å². The minimum Gasteiger partial charge on any atom is -0.478 e. The Bertz CT molecular complexity index is 300. The lowest BCUT2D eigenvalue weighted by atomic mass is 10.3. The van der Waals surface area contributed by atoms with Gasteiger partial charge in [0, 0.05) is 18.7 Å². The molecule has 0 aromatic rings. The highest BCUT2D eigenvalue weighted by molar-refractivity contribution is 5.83. The van der Waals surface area contributed by atoms with Crippen molar-refractivity contribution < 1.29 is 14.7 Å². The first-order valence-electron chi connectivity index (χ1n) is 4.08. The van der Waals surface area contributed by atoms with E-state index in [9.17, 15) is 9.59 Å². The van der Waals surface area contributed by atoms with Crippen LogP contribution in [0.1, 0.15) is 13.8 Å². The van der Waals surface area contributed by atoms with Crippen molar-refractivity contribution in [1.29, 1.82) is 0 Å². The molecule has 2 N–H and O–H groups in total. The summed E-state index contributed by atoms with van der Waals surface area (Å²) in [5.74, 6) is -1.40. The van der Waals surface area contributed by atoms with E-state index in [2.05, 4.69) is 5.32 Å². The smallest absolute Gasteiger partial charge is 0.330 e. The van der Waals surface area contributed by atoms with Gasteiger partial charge in [-0.05, 0) is 13.0 Å². The van der Waals surface area contributed by atoms with Crippen LogP contribution in [-0.4, -0.2) is 17.0 Å². The molecule has 0 unspecified atom stereocenters. The molecule has 4 nitrogen and oxygen atoms in total. The lowest BCUT2D eigenvalue weighted by molar-refractivity contribution is -0.131. The zero-order chi connectivity index (χ0) is 11.0. The van der Waals surface area contributed by atoms with E-state index in [4.69, 9.17) is 5.11 Å². The van der Waals surface area contributed by atoms with Crippen molar-refractivity contribution in [2.24, 2.45) is 0 Å². The molecule has 0 aliphatic rings. The summed E-state index contributed by atoms with van der Waals surface area (Å²) in [6, 6.07) is 0. The number of nitrogens with one attached hydrogen (secondary N) is 1. The van der Waals surface area contributed by atoms with E-state index >= 15 is 0 Å². The van der Waals surface area contributed by atoms with E-state index in [0.29, 0.717) is 0 Å². The normalized spacial score (nSPS) is 12.3. The topological polar surface area (TPSA) is 66.4 Å². The Labute approximate surface area is 82.6 Å². The van der Waals surface area contributed by atoms with Crippen molar-refractivity contribution in [2.75, 3.05) is 0 Å². The Hall–Kier alpha value is -1.84. The predicted octanol–water partition coefficient (Wildman–Crippen LogP) is 1.22. The van der Waals surface area contributed by atoms with Gasteiger partial charge in [-0.1, -0.05) is 18.2 Å². The number of allylic oxidation sites excluding steroid dienone is 4. The molecule has 0 spiro atoms. The maximum atomic E-state index is 10.7. The fraction of sp³-hybridized carbons (Fsp3) is 0.200. The average molecular weight is 195 g/mol. The Morgan fingerprint density at radius 3 is 2.36 bits per heavy atom. The van der Waals surface area contributed by atoms with Gasteiger partial charge in [0.15, 0.2) is 0 Å². The fourth-order valence-electron chi connectivity index (χ4n) is 0.732. The van der Waals surface area contributed by atoms with Gasteiger partial charge in [-0.3, -0.25) is 4.79 Å². The van der Waals surface area contributed by atoms with Gasteiger partial charge in [0.25, 0.3) is 0 Å². The molecule has 0 rings (SSSR count). The summed E-state index contributed by atoms with van der Waals surface area (Å²) in [5, 5.41) is 10.9. The Kier molecular flexibility index (Phi) is 5.78. The van der Waals surface area contributed by atoms with Crippen molar-refractivity contribution in [3.63, 3.8) is 0 Å². The van der Waals surface area contributed by atoms with Crippen molar-refractivity contribution in [3.05, 3.63) is 36.1 Å². The van der Waals surface area contributed by atoms with Crippen molar-refractivity contribution in [3.8, 4) is 0 Å². The monoisotopic (exact) mass is 195 g/mol. The third-order valence-electron chi connectivity index (χ3n) is 1.18. The second-order valence-electron chi connectivity index (χ2n) is 2.50. The van der Waals surface area contributed by atoms with E-state index < -0.39 is 5.97 Å². The summed E-state index contributed by atoms with van der Waals surface area (Å²) in [6.07, 6.45) is 7.61. The SMILES string of the molecule is C\C=C/C=C\C(=C\C(=O)O)NC(C)=O. The lowest BCUT2D eigenvalue weighted by Crippen LogP contribution is -2.18. The number of rotatable bonds is 4. The van der Waals surface area contributed by atoms with Crippen LogP contribution >= 0.6 is 0 Å². The second kappa shape index (κ2) is 6.65. The summed E-state index contributed by atoms with van der Waals surface area (Å²) in [6.45, 7) is 3.16. The largest absolute Gasteiger partial charge is 0.478 e. The molecule has 0 fully saturated rings. The summed E-state index contributed by atoms with van der Waals surface area (Å²) < 4.78 is 0. The highest BCUT2D eigenvalue weighted by Gasteiger charge is 1.97. The molecular weight excluding hydrogens is 182 g/mol. The van der Waals surface area contributed by atoms with E-state index in [-0.39, 0.29) is 11.6 Å². The molecule has 0 radical (unpaired) electrons. The van der Waals surface area contributed by atoms with E-state index in [1.807, 2.05) is 6.92 Å². The first-order chi connectivity index (χ1) is 6.56. The standard InChI is InChI=1S/C10H13NO3/c1-3-4-5-6-9(7-10(13)14)11-8(2)12/h3-7H,1-2H3,(H,11,12)(H,13,14)/b4-3-,6-5-,9-7-. The van der Waals surface area contributed by atoms with Gasteiger partial charge in [-0.15, -0.1) is 0 Å². The van der Waals surface area contributed by atoms with Crippen LogP contribution in [0, 0.1) is 0 Å². The molecule has 4 heteroatoms. The van der Waals surface area contributed by atoms with Gasteiger partial charge in [-0.25, -0.2) is 4.79 Å². The lowest BCUT2D eigenvalue weighted by Gasteiger charge is -2.00. The molecular formula is C10H13NO3. The highest BCUT2D eigenvalue weighted by atomic mass is 16.4. The maximum Gasteiger partial charge on any atom is 0.330 e. The van der Waals surface area contributed by atoms with Crippen LogP contribution in [-0.2, 0) is 9.59 Å². The zero-order valence-corrected chi connectivity index (χ0v) is 8.15. The number of amides is 1. The third-order valence-corrected chi connectivity index (χ3v) is 1.18. The molecule has 0 aliphatic heterocycles. The van der Waals surface area contributed by atoms with Crippen LogP contribution in [0.25, 0.3) is 0 Å². The molecule has 0 bridgehead atoms. The minimum atomic E-state index is -1.10. The average Bonchev–Trinajstić information content (AvgIpc) is 2.02. The molecule has 0 heterocycles. The van der Waals surface area contributed by atoms with Crippen LogP contribution in [0.4, 0.5) is 0 Å². The molecule has 0 aromatic carbocycles. The van der Waals surface area contributed by atoms with Gasteiger partial charge in [-0.2, -0.15) is 0 Å². The summed E-state index contributed by atoms with van der Waals surface area (Å²) in [7, 11) is 0. The first kappa shape index (κ1) is 12.2. The van der Waals surface area contributed by atoms with Crippen molar-refractivity contribution in [2.45, 2.75) is 13.8 Å². The number of carbonyl (C=O) groups is 2. The molecule has 0 aliphatic carbocycles. The number of carboxylic acid groups (broad SMARTS) is 1. The highest BCUT2D eigenvalue weighted by Crippen LogP contribution is 1.93. The Morgan fingerprint density at radius 2 is 1.93 bits per heavy atom. The number of hydrogen-bond donors (Lipinski definition) is 2. The molecule has 0 saturated carbocycles. The molecule has 0 saturated heterocycles. The second-order valence-corrected chi connectivity index (χ2v) is 2.50. The van der Waals surface area contributed by atoms with Crippen LogP contribution in [0.2, 0.25) is 0 Å². The molecule has 76 valence electrons. The van der Waals surface area contributed by atoms with E-state index in [0.717, 1.165) is 6.08 Å². The molecule has 1 amide bonds. The fourth-order valence-corrected chi connectivity index (χ4v) is 0.732. The summed E-state index contributed by atoms with van der Waals surface area (Å²) >= 11 is 0. The van der Waals surface area contributed by atoms with Gasteiger partial charge >= 0.3 is 5.97 Å². The predicted molar refractivity (Wildman–Crippen MR) is 53.5 cm³/mol. The van der Waals surface area contributed by atoms with Crippen molar-refractivity contribution >= 4 is 11.9 Å². The van der Waals surface area contributed by atoms with Gasteiger partial charge in [0.1, 0.15) is 0 Å². The number of carbonyl (C=O) groups excluding carboxylic acids is 1. The molecule has 14 heavy (non-hydrogen) atoms. The van der Waals surface area contributed by atoms with Gasteiger partial charge in [0.05, 0.1) is 0 Å². The summed E-state index contributed by atoms with van der Waals surface area (Å²) in [4.78, 5) is 21.0. The van der Waals surface area contributed by atoms with Crippen LogP contribution in [0.15, 0.2) is 36.1 Å².